The van der Waals surface area contributed by atoms with Crippen molar-refractivity contribution in [3.63, 3.8) is 0 Å². The van der Waals surface area contributed by atoms with Gasteiger partial charge in [-0.15, -0.1) is 0 Å². The molecule has 0 aromatic carbocycles. The Hall–Kier alpha value is -1.45. The van der Waals surface area contributed by atoms with Gasteiger partial charge in [-0.3, -0.25) is 9.59 Å². The van der Waals surface area contributed by atoms with E-state index < -0.39 is 11.9 Å². The maximum Gasteiger partial charge on any atom is 0.330 e. The first-order valence-electron chi connectivity index (χ1n) is 4.49. The van der Waals surface area contributed by atoms with Crippen molar-refractivity contribution in [1.29, 1.82) is 0 Å². The second-order valence-corrected chi connectivity index (χ2v) is 3.45. The molecule has 1 aliphatic carbocycles. The zero-order valence-electron chi connectivity index (χ0n) is 7.78. The molecular formula is C10H12O4. The van der Waals surface area contributed by atoms with Crippen LogP contribution in [0.4, 0.5) is 0 Å². The molecule has 0 bridgehead atoms. The number of aliphatic carboxylic acids is 1. The van der Waals surface area contributed by atoms with E-state index in [0.717, 1.165) is 0 Å². The average molecular weight is 196 g/mol. The molecule has 0 aromatic rings. The monoisotopic (exact) mass is 196 g/mol. The average Bonchev–Trinajstić information content (AvgIpc) is 2.11. The Bertz CT molecular complexity index is 287. The summed E-state index contributed by atoms with van der Waals surface area (Å²) >= 11 is 0. The van der Waals surface area contributed by atoms with E-state index in [1.54, 1.807) is 0 Å². The lowest BCUT2D eigenvalue weighted by Gasteiger charge is -2.18. The van der Waals surface area contributed by atoms with E-state index in [1.807, 2.05) is 0 Å². The summed E-state index contributed by atoms with van der Waals surface area (Å²) in [6.07, 6.45) is 1.31. The molecule has 1 fully saturated rings. The van der Waals surface area contributed by atoms with Gasteiger partial charge in [0.15, 0.2) is 0 Å². The lowest BCUT2D eigenvalue weighted by Crippen LogP contribution is -2.29. The Labute approximate surface area is 81.6 Å². The molecule has 14 heavy (non-hydrogen) atoms. The van der Waals surface area contributed by atoms with Crippen molar-refractivity contribution in [1.82, 2.24) is 0 Å². The first-order chi connectivity index (χ1) is 6.52. The fourth-order valence-corrected chi connectivity index (χ4v) is 1.53. The predicted molar refractivity (Wildman–Crippen MR) is 48.7 cm³/mol. The highest BCUT2D eigenvalue weighted by atomic mass is 16.4. The SMILES string of the molecule is C=C(CC1C(=O)CCCC1=O)C(=O)O. The van der Waals surface area contributed by atoms with Gasteiger partial charge in [0.2, 0.25) is 0 Å². The van der Waals surface area contributed by atoms with Crippen molar-refractivity contribution >= 4 is 17.5 Å². The normalized spacial score (nSPS) is 18.3. The van der Waals surface area contributed by atoms with Crippen LogP contribution in [-0.2, 0) is 14.4 Å². The molecule has 0 aromatic heterocycles. The number of ketones is 2. The topological polar surface area (TPSA) is 71.4 Å². The molecule has 4 nitrogen and oxygen atoms in total. The van der Waals surface area contributed by atoms with E-state index in [2.05, 4.69) is 6.58 Å². The standard InChI is InChI=1S/C10H12O4/c1-6(10(13)14)5-7-8(11)3-2-4-9(7)12/h7H,1-5H2,(H,13,14). The number of carboxylic acid groups (broad SMARTS) is 1. The molecule has 1 N–H and O–H groups in total. The predicted octanol–water partition coefficient (Wildman–Crippen LogP) is 0.956. The van der Waals surface area contributed by atoms with E-state index in [-0.39, 0.29) is 23.6 Å². The molecule has 1 aliphatic rings. The highest BCUT2D eigenvalue weighted by Gasteiger charge is 2.31. The Kier molecular flexibility index (Phi) is 3.17. The number of carbonyl (C=O) groups is 3. The smallest absolute Gasteiger partial charge is 0.330 e. The summed E-state index contributed by atoms with van der Waals surface area (Å²) in [6, 6.07) is 0. The minimum atomic E-state index is -1.14. The molecule has 0 aliphatic heterocycles. The molecule has 0 saturated heterocycles. The molecule has 0 amide bonds. The van der Waals surface area contributed by atoms with E-state index in [4.69, 9.17) is 5.11 Å². The summed E-state index contributed by atoms with van der Waals surface area (Å²) in [7, 11) is 0. The summed E-state index contributed by atoms with van der Waals surface area (Å²) in [6.45, 7) is 3.31. The van der Waals surface area contributed by atoms with Crippen LogP contribution in [0.3, 0.4) is 0 Å². The summed E-state index contributed by atoms with van der Waals surface area (Å²) in [5, 5.41) is 8.56. The number of carboxylic acids is 1. The molecule has 4 heteroatoms. The molecule has 0 unspecified atom stereocenters. The minimum Gasteiger partial charge on any atom is -0.478 e. The highest BCUT2D eigenvalue weighted by Crippen LogP contribution is 2.22. The van der Waals surface area contributed by atoms with Gasteiger partial charge in [-0.1, -0.05) is 6.58 Å². The van der Waals surface area contributed by atoms with Crippen LogP contribution in [0.2, 0.25) is 0 Å². The van der Waals surface area contributed by atoms with Gasteiger partial charge in [-0.2, -0.15) is 0 Å². The van der Waals surface area contributed by atoms with E-state index in [0.29, 0.717) is 19.3 Å². The summed E-state index contributed by atoms with van der Waals surface area (Å²) in [5.41, 5.74) is -0.0707. The largest absolute Gasteiger partial charge is 0.478 e. The third-order valence-electron chi connectivity index (χ3n) is 2.38. The number of rotatable bonds is 3. The molecular weight excluding hydrogens is 184 g/mol. The Morgan fingerprint density at radius 1 is 1.36 bits per heavy atom. The van der Waals surface area contributed by atoms with Crippen molar-refractivity contribution < 1.29 is 19.5 Å². The number of carbonyl (C=O) groups excluding carboxylic acids is 2. The van der Waals surface area contributed by atoms with Crippen LogP contribution in [0, 0.1) is 5.92 Å². The second-order valence-electron chi connectivity index (χ2n) is 3.45. The van der Waals surface area contributed by atoms with Crippen LogP contribution in [0.1, 0.15) is 25.7 Å². The van der Waals surface area contributed by atoms with Crippen LogP contribution >= 0.6 is 0 Å². The Morgan fingerprint density at radius 3 is 2.29 bits per heavy atom. The van der Waals surface area contributed by atoms with Gasteiger partial charge in [0.1, 0.15) is 11.6 Å². The van der Waals surface area contributed by atoms with Crippen molar-refractivity contribution in [3.05, 3.63) is 12.2 Å². The van der Waals surface area contributed by atoms with Gasteiger partial charge in [-0.05, 0) is 12.8 Å². The zero-order chi connectivity index (χ0) is 10.7. The summed E-state index contributed by atoms with van der Waals surface area (Å²) in [4.78, 5) is 33.1. The van der Waals surface area contributed by atoms with Crippen molar-refractivity contribution in [2.24, 2.45) is 5.92 Å². The third kappa shape index (κ3) is 2.28. The highest BCUT2D eigenvalue weighted by molar-refractivity contribution is 6.05. The maximum absolute atomic E-state index is 11.3. The third-order valence-corrected chi connectivity index (χ3v) is 2.38. The number of hydrogen-bond donors (Lipinski definition) is 1. The molecule has 76 valence electrons. The minimum absolute atomic E-state index is 0.0347. The van der Waals surface area contributed by atoms with Gasteiger partial charge in [0.25, 0.3) is 0 Å². The van der Waals surface area contributed by atoms with Crippen molar-refractivity contribution in [3.8, 4) is 0 Å². The van der Waals surface area contributed by atoms with Crippen LogP contribution in [0.15, 0.2) is 12.2 Å². The first-order valence-corrected chi connectivity index (χ1v) is 4.49. The van der Waals surface area contributed by atoms with Crippen LogP contribution in [0.5, 0.6) is 0 Å². The first kappa shape index (κ1) is 10.6. The van der Waals surface area contributed by atoms with Gasteiger partial charge in [0, 0.05) is 18.4 Å². The van der Waals surface area contributed by atoms with E-state index in [1.165, 1.54) is 0 Å². The number of hydrogen-bond acceptors (Lipinski definition) is 3. The van der Waals surface area contributed by atoms with Crippen LogP contribution < -0.4 is 0 Å². The Balaban J connectivity index is 2.65. The molecule has 0 radical (unpaired) electrons. The van der Waals surface area contributed by atoms with Crippen molar-refractivity contribution in [2.75, 3.05) is 0 Å². The quantitative estimate of drug-likeness (QED) is 0.539. The summed E-state index contributed by atoms with van der Waals surface area (Å²) < 4.78 is 0. The van der Waals surface area contributed by atoms with Crippen molar-refractivity contribution in [2.45, 2.75) is 25.7 Å². The molecule has 0 atom stereocenters. The summed E-state index contributed by atoms with van der Waals surface area (Å²) in [5.74, 6) is -2.20. The Morgan fingerprint density at radius 2 is 1.86 bits per heavy atom. The molecule has 0 spiro atoms. The van der Waals surface area contributed by atoms with Gasteiger partial charge in [-0.25, -0.2) is 4.79 Å². The zero-order valence-corrected chi connectivity index (χ0v) is 7.78. The molecule has 0 heterocycles. The van der Waals surface area contributed by atoms with E-state index in [9.17, 15) is 14.4 Å². The van der Waals surface area contributed by atoms with Crippen LogP contribution in [0.25, 0.3) is 0 Å². The van der Waals surface area contributed by atoms with E-state index >= 15 is 0 Å². The van der Waals surface area contributed by atoms with Gasteiger partial charge in [0.05, 0.1) is 5.92 Å². The lowest BCUT2D eigenvalue weighted by molar-refractivity contribution is -0.135. The lowest BCUT2D eigenvalue weighted by atomic mass is 9.83. The fourth-order valence-electron chi connectivity index (χ4n) is 1.53. The second kappa shape index (κ2) is 4.17. The maximum atomic E-state index is 11.3. The van der Waals surface area contributed by atoms with Crippen LogP contribution in [-0.4, -0.2) is 22.6 Å². The molecule has 1 rings (SSSR count). The molecule has 1 saturated carbocycles. The van der Waals surface area contributed by atoms with Gasteiger partial charge >= 0.3 is 5.97 Å². The number of Topliss-reactive ketones (excluding diaryl/α,β-unsaturated/α-hetero) is 2. The fraction of sp³-hybridized carbons (Fsp3) is 0.500. The van der Waals surface area contributed by atoms with Gasteiger partial charge < -0.3 is 5.11 Å².